The summed E-state index contributed by atoms with van der Waals surface area (Å²) in [5.41, 5.74) is 4.73. The van der Waals surface area contributed by atoms with Crippen LogP contribution in [-0.2, 0) is 10.0 Å². The molecule has 1 saturated carbocycles. The van der Waals surface area contributed by atoms with Crippen LogP contribution in [-0.4, -0.2) is 18.9 Å². The minimum atomic E-state index is -3.99. The molecule has 0 unspecified atom stereocenters. The standard InChI is InChI=1S/C13H19N3O4S/c1-13(7-3-2-4-8-13)15-21(19,20)12-9-10(14)5-6-11(12)16(17)18/h5-6,9,15H,2-4,7-8,14H2,1H3. The molecule has 0 saturated heterocycles. The lowest BCUT2D eigenvalue weighted by molar-refractivity contribution is -0.387. The molecule has 1 aromatic rings. The predicted molar refractivity (Wildman–Crippen MR) is 79.3 cm³/mol. The summed E-state index contributed by atoms with van der Waals surface area (Å²) in [5, 5.41) is 11.0. The fourth-order valence-electron chi connectivity index (χ4n) is 2.71. The summed E-state index contributed by atoms with van der Waals surface area (Å²) in [4.78, 5) is 9.94. The van der Waals surface area contributed by atoms with Crippen LogP contribution in [0.4, 0.5) is 11.4 Å². The van der Waals surface area contributed by atoms with Gasteiger partial charge in [-0.3, -0.25) is 10.1 Å². The highest BCUT2D eigenvalue weighted by Gasteiger charge is 2.35. The number of sulfonamides is 1. The maximum Gasteiger partial charge on any atom is 0.289 e. The number of nitrogen functional groups attached to an aromatic ring is 1. The molecule has 0 radical (unpaired) electrons. The van der Waals surface area contributed by atoms with E-state index < -0.39 is 26.2 Å². The van der Waals surface area contributed by atoms with Gasteiger partial charge in [0.2, 0.25) is 10.0 Å². The van der Waals surface area contributed by atoms with Crippen LogP contribution in [0.2, 0.25) is 0 Å². The Hall–Kier alpha value is -1.67. The highest BCUT2D eigenvalue weighted by atomic mass is 32.2. The predicted octanol–water partition coefficient (Wildman–Crippen LogP) is 2.18. The van der Waals surface area contributed by atoms with Gasteiger partial charge in [-0.25, -0.2) is 13.1 Å². The molecule has 8 heteroatoms. The van der Waals surface area contributed by atoms with Gasteiger partial charge in [-0.1, -0.05) is 19.3 Å². The molecule has 0 aliphatic heterocycles. The Morgan fingerprint density at radius 2 is 1.90 bits per heavy atom. The first-order valence-electron chi connectivity index (χ1n) is 6.81. The van der Waals surface area contributed by atoms with Crippen molar-refractivity contribution in [2.24, 2.45) is 0 Å². The monoisotopic (exact) mass is 313 g/mol. The average Bonchev–Trinajstić information content (AvgIpc) is 2.37. The van der Waals surface area contributed by atoms with E-state index in [2.05, 4.69) is 4.72 Å². The van der Waals surface area contributed by atoms with Crippen molar-refractivity contribution in [3.63, 3.8) is 0 Å². The molecule has 0 spiro atoms. The Labute approximate surface area is 123 Å². The molecular formula is C13H19N3O4S. The molecule has 0 heterocycles. The van der Waals surface area contributed by atoms with E-state index in [1.807, 2.05) is 6.92 Å². The second-order valence-corrected chi connectivity index (χ2v) is 7.36. The first-order valence-corrected chi connectivity index (χ1v) is 8.30. The minimum Gasteiger partial charge on any atom is -0.399 e. The number of nitro benzene ring substituents is 1. The zero-order valence-electron chi connectivity index (χ0n) is 11.8. The maximum atomic E-state index is 12.5. The van der Waals surface area contributed by atoms with Crippen molar-refractivity contribution in [3.05, 3.63) is 28.3 Å². The van der Waals surface area contributed by atoms with Gasteiger partial charge in [-0.15, -0.1) is 0 Å². The Bertz CT molecular complexity index is 651. The van der Waals surface area contributed by atoms with E-state index in [1.165, 1.54) is 6.07 Å². The summed E-state index contributed by atoms with van der Waals surface area (Å²) in [6.45, 7) is 1.84. The molecule has 7 nitrogen and oxygen atoms in total. The van der Waals surface area contributed by atoms with Crippen molar-refractivity contribution < 1.29 is 13.3 Å². The van der Waals surface area contributed by atoms with Crippen molar-refractivity contribution in [1.82, 2.24) is 4.72 Å². The van der Waals surface area contributed by atoms with Gasteiger partial charge in [0, 0.05) is 17.3 Å². The molecule has 1 aliphatic rings. The van der Waals surface area contributed by atoms with Crippen LogP contribution < -0.4 is 10.5 Å². The molecular weight excluding hydrogens is 294 g/mol. The molecule has 116 valence electrons. The Kier molecular flexibility index (Phi) is 4.20. The number of nitrogens with two attached hydrogens (primary N) is 1. The molecule has 0 bridgehead atoms. The molecule has 2 rings (SSSR count). The van der Waals surface area contributed by atoms with Crippen LogP contribution in [0.15, 0.2) is 23.1 Å². The Morgan fingerprint density at radius 3 is 2.48 bits per heavy atom. The van der Waals surface area contributed by atoms with E-state index in [-0.39, 0.29) is 10.6 Å². The maximum absolute atomic E-state index is 12.5. The SMILES string of the molecule is CC1(NS(=O)(=O)c2cc(N)ccc2[N+](=O)[O-])CCCCC1. The van der Waals surface area contributed by atoms with Crippen molar-refractivity contribution in [3.8, 4) is 0 Å². The number of nitrogens with one attached hydrogen (secondary N) is 1. The number of hydrogen-bond donors (Lipinski definition) is 2. The van der Waals surface area contributed by atoms with E-state index in [1.54, 1.807) is 0 Å². The first kappa shape index (κ1) is 15.7. The molecule has 0 atom stereocenters. The molecule has 0 aromatic heterocycles. The molecule has 3 N–H and O–H groups in total. The number of rotatable bonds is 4. The Balaban J connectivity index is 2.39. The van der Waals surface area contributed by atoms with E-state index in [4.69, 9.17) is 5.73 Å². The largest absolute Gasteiger partial charge is 0.399 e. The normalized spacial score (nSPS) is 18.3. The Morgan fingerprint density at radius 1 is 1.29 bits per heavy atom. The third-order valence-corrected chi connectivity index (χ3v) is 5.48. The minimum absolute atomic E-state index is 0.176. The third kappa shape index (κ3) is 3.51. The van der Waals surface area contributed by atoms with E-state index in [0.717, 1.165) is 44.2 Å². The van der Waals surface area contributed by atoms with E-state index in [9.17, 15) is 18.5 Å². The molecule has 1 aromatic carbocycles. The number of nitro groups is 1. The number of hydrogen-bond acceptors (Lipinski definition) is 5. The summed E-state index contributed by atoms with van der Waals surface area (Å²) in [6.07, 6.45) is 4.41. The molecule has 21 heavy (non-hydrogen) atoms. The summed E-state index contributed by atoms with van der Waals surface area (Å²) in [5.74, 6) is 0. The third-order valence-electron chi connectivity index (χ3n) is 3.81. The van der Waals surface area contributed by atoms with E-state index >= 15 is 0 Å². The zero-order chi connectivity index (χ0) is 15.7. The van der Waals surface area contributed by atoms with Gasteiger partial charge in [0.15, 0.2) is 4.90 Å². The second-order valence-electron chi connectivity index (χ2n) is 5.71. The van der Waals surface area contributed by atoms with Gasteiger partial charge < -0.3 is 5.73 Å². The lowest BCUT2D eigenvalue weighted by Crippen LogP contribution is -2.47. The van der Waals surface area contributed by atoms with Gasteiger partial charge in [0.1, 0.15) is 0 Å². The summed E-state index contributed by atoms with van der Waals surface area (Å²) in [6, 6.07) is 3.57. The van der Waals surface area contributed by atoms with Crippen LogP contribution in [0.5, 0.6) is 0 Å². The highest BCUT2D eigenvalue weighted by molar-refractivity contribution is 7.89. The lowest BCUT2D eigenvalue weighted by atomic mass is 9.84. The zero-order valence-corrected chi connectivity index (χ0v) is 12.6. The van der Waals surface area contributed by atoms with Crippen LogP contribution >= 0.6 is 0 Å². The number of anilines is 1. The molecule has 0 amide bonds. The highest BCUT2D eigenvalue weighted by Crippen LogP contribution is 2.32. The smallest absolute Gasteiger partial charge is 0.289 e. The first-order chi connectivity index (χ1) is 9.73. The second kappa shape index (κ2) is 5.61. The summed E-state index contributed by atoms with van der Waals surface area (Å²) >= 11 is 0. The van der Waals surface area contributed by atoms with Gasteiger partial charge in [-0.05, 0) is 31.9 Å². The van der Waals surface area contributed by atoms with Gasteiger partial charge in [0.05, 0.1) is 4.92 Å². The fraction of sp³-hybridized carbons (Fsp3) is 0.538. The van der Waals surface area contributed by atoms with Crippen molar-refractivity contribution >= 4 is 21.4 Å². The quantitative estimate of drug-likeness (QED) is 0.502. The van der Waals surface area contributed by atoms with Gasteiger partial charge in [0.25, 0.3) is 5.69 Å². The van der Waals surface area contributed by atoms with Crippen molar-refractivity contribution in [1.29, 1.82) is 0 Å². The van der Waals surface area contributed by atoms with Gasteiger partial charge >= 0.3 is 0 Å². The number of nitrogens with zero attached hydrogens (tertiary/aromatic N) is 1. The van der Waals surface area contributed by atoms with Crippen LogP contribution in [0.3, 0.4) is 0 Å². The molecule has 1 aliphatic carbocycles. The topological polar surface area (TPSA) is 115 Å². The van der Waals surface area contributed by atoms with Crippen molar-refractivity contribution in [2.75, 3.05) is 5.73 Å². The fourth-order valence-corrected chi connectivity index (χ4v) is 4.38. The molecule has 1 fully saturated rings. The van der Waals surface area contributed by atoms with Crippen molar-refractivity contribution in [2.45, 2.75) is 49.5 Å². The van der Waals surface area contributed by atoms with Crippen LogP contribution in [0, 0.1) is 10.1 Å². The lowest BCUT2D eigenvalue weighted by Gasteiger charge is -2.34. The summed E-state index contributed by atoms with van der Waals surface area (Å²) < 4.78 is 27.6. The van der Waals surface area contributed by atoms with E-state index in [0.29, 0.717) is 0 Å². The summed E-state index contributed by atoms with van der Waals surface area (Å²) in [7, 11) is -3.99. The van der Waals surface area contributed by atoms with Crippen LogP contribution in [0.1, 0.15) is 39.0 Å². The van der Waals surface area contributed by atoms with Crippen LogP contribution in [0.25, 0.3) is 0 Å². The number of benzene rings is 1. The van der Waals surface area contributed by atoms with Gasteiger partial charge in [-0.2, -0.15) is 0 Å². The average molecular weight is 313 g/mol.